The highest BCUT2D eigenvalue weighted by molar-refractivity contribution is 7.21. The Morgan fingerprint density at radius 2 is 2.05 bits per heavy atom. The minimum Gasteiger partial charge on any atom is -0.269 e. The van der Waals surface area contributed by atoms with E-state index in [4.69, 9.17) is 22.4 Å². The maximum absolute atomic E-state index is 6.28. The van der Waals surface area contributed by atoms with Gasteiger partial charge in [-0.2, -0.15) is 0 Å². The summed E-state index contributed by atoms with van der Waals surface area (Å²) in [5.41, 5.74) is 4.35. The molecule has 0 amide bonds. The number of nitrogens with two attached hydrogens (primary N) is 1. The van der Waals surface area contributed by atoms with Gasteiger partial charge in [0.05, 0.1) is 15.2 Å². The monoisotopic (exact) mass is 317 g/mol. The second kappa shape index (κ2) is 5.73. The zero-order chi connectivity index (χ0) is 15.0. The van der Waals surface area contributed by atoms with E-state index >= 15 is 0 Å². The fraction of sp³-hybridized carbons (Fsp3) is 0.188. The summed E-state index contributed by atoms with van der Waals surface area (Å²) in [6.45, 7) is 2.76. The molecule has 0 spiro atoms. The number of hydrogen-bond donors (Lipinski definition) is 1. The first-order valence-corrected chi connectivity index (χ1v) is 7.85. The molecule has 2 N–H and O–H groups in total. The number of fused-ring (bicyclic) bond motifs is 1. The maximum Gasteiger partial charge on any atom is 0.126 e. The van der Waals surface area contributed by atoms with Crippen LogP contribution in [0.5, 0.6) is 0 Å². The highest BCUT2D eigenvalue weighted by atomic mass is 35.5. The number of thiazole rings is 1. The van der Waals surface area contributed by atoms with Crippen molar-refractivity contribution in [3.63, 3.8) is 0 Å². The fourth-order valence-corrected chi connectivity index (χ4v) is 3.82. The van der Waals surface area contributed by atoms with Crippen LogP contribution in [0.4, 0.5) is 0 Å². The molecule has 0 bridgehead atoms. The van der Waals surface area contributed by atoms with Crippen molar-refractivity contribution in [2.24, 2.45) is 5.84 Å². The van der Waals surface area contributed by atoms with Gasteiger partial charge in [0.2, 0.25) is 0 Å². The largest absolute Gasteiger partial charge is 0.269 e. The summed E-state index contributed by atoms with van der Waals surface area (Å²) >= 11 is 7.95. The first kappa shape index (κ1) is 14.5. The van der Waals surface area contributed by atoms with Gasteiger partial charge in [-0.25, -0.2) is 9.99 Å². The Morgan fingerprint density at radius 3 is 2.76 bits per heavy atom. The van der Waals surface area contributed by atoms with Crippen LogP contribution in [0.2, 0.25) is 5.02 Å². The summed E-state index contributed by atoms with van der Waals surface area (Å²) in [5.74, 6) is 5.80. The molecule has 0 radical (unpaired) electrons. The third-order valence-corrected chi connectivity index (χ3v) is 4.61. The second-order valence-corrected chi connectivity index (χ2v) is 6.62. The number of nitrogens with zero attached hydrogens (tertiary/aromatic N) is 2. The summed E-state index contributed by atoms with van der Waals surface area (Å²) in [5, 5.41) is 3.34. The summed E-state index contributed by atoms with van der Waals surface area (Å²) in [4.78, 5) is 4.79. The molecule has 0 saturated carbocycles. The predicted molar refractivity (Wildman–Crippen MR) is 90.5 cm³/mol. The number of hydrogen-bond acceptors (Lipinski definition) is 4. The SMILES string of the molecule is Cc1cc(CN(C)N)c2nc(-c3ccccc3Cl)sc2c1. The summed E-state index contributed by atoms with van der Waals surface area (Å²) < 4.78 is 1.17. The van der Waals surface area contributed by atoms with Crippen LogP contribution in [0.1, 0.15) is 11.1 Å². The van der Waals surface area contributed by atoms with Crippen molar-refractivity contribution in [2.75, 3.05) is 7.05 Å². The molecule has 0 aliphatic carbocycles. The molecule has 3 rings (SSSR count). The summed E-state index contributed by atoms with van der Waals surface area (Å²) in [6, 6.07) is 12.1. The average Bonchev–Trinajstić information content (AvgIpc) is 2.82. The molecule has 0 saturated heterocycles. The molecule has 1 aromatic heterocycles. The van der Waals surface area contributed by atoms with Crippen LogP contribution in [0, 0.1) is 6.92 Å². The van der Waals surface area contributed by atoms with Crippen LogP contribution >= 0.6 is 22.9 Å². The lowest BCUT2D eigenvalue weighted by Gasteiger charge is -2.10. The molecule has 0 unspecified atom stereocenters. The number of benzene rings is 2. The molecule has 108 valence electrons. The van der Waals surface area contributed by atoms with E-state index in [-0.39, 0.29) is 0 Å². The van der Waals surface area contributed by atoms with Gasteiger partial charge in [-0.05, 0) is 30.2 Å². The molecule has 0 atom stereocenters. The third-order valence-electron chi connectivity index (χ3n) is 3.24. The van der Waals surface area contributed by atoms with Gasteiger partial charge in [-0.1, -0.05) is 35.9 Å². The molecule has 0 aliphatic heterocycles. The van der Waals surface area contributed by atoms with E-state index < -0.39 is 0 Å². The smallest absolute Gasteiger partial charge is 0.126 e. The lowest BCUT2D eigenvalue weighted by atomic mass is 10.1. The minimum absolute atomic E-state index is 0.671. The molecular formula is C16H16ClN3S. The molecule has 5 heteroatoms. The Balaban J connectivity index is 2.18. The Labute approximate surface area is 132 Å². The van der Waals surface area contributed by atoms with Crippen LogP contribution in [-0.4, -0.2) is 17.0 Å². The second-order valence-electron chi connectivity index (χ2n) is 5.18. The Morgan fingerprint density at radius 1 is 1.29 bits per heavy atom. The van der Waals surface area contributed by atoms with E-state index in [1.807, 2.05) is 31.3 Å². The first-order chi connectivity index (χ1) is 10.0. The number of halogens is 1. The van der Waals surface area contributed by atoms with Crippen molar-refractivity contribution in [3.05, 3.63) is 52.5 Å². The van der Waals surface area contributed by atoms with E-state index in [0.717, 1.165) is 26.7 Å². The number of hydrazine groups is 1. The van der Waals surface area contributed by atoms with Crippen molar-refractivity contribution in [2.45, 2.75) is 13.5 Å². The summed E-state index contributed by atoms with van der Waals surface area (Å²) in [7, 11) is 1.86. The number of aryl methyl sites for hydroxylation is 1. The van der Waals surface area contributed by atoms with Crippen molar-refractivity contribution >= 4 is 33.2 Å². The molecular weight excluding hydrogens is 302 g/mol. The van der Waals surface area contributed by atoms with Crippen LogP contribution < -0.4 is 5.84 Å². The first-order valence-electron chi connectivity index (χ1n) is 6.65. The Hall–Kier alpha value is -1.46. The number of aromatic nitrogens is 1. The Kier molecular flexibility index (Phi) is 3.95. The van der Waals surface area contributed by atoms with Crippen LogP contribution in [0.15, 0.2) is 36.4 Å². The molecule has 0 fully saturated rings. The topological polar surface area (TPSA) is 42.1 Å². The van der Waals surface area contributed by atoms with Gasteiger partial charge >= 0.3 is 0 Å². The lowest BCUT2D eigenvalue weighted by molar-refractivity contribution is 0.343. The van der Waals surface area contributed by atoms with Gasteiger partial charge in [0, 0.05) is 19.2 Å². The average molecular weight is 318 g/mol. The van der Waals surface area contributed by atoms with Crippen LogP contribution in [-0.2, 0) is 6.54 Å². The van der Waals surface area contributed by atoms with Gasteiger partial charge in [0.1, 0.15) is 5.01 Å². The van der Waals surface area contributed by atoms with Gasteiger partial charge < -0.3 is 0 Å². The zero-order valence-electron chi connectivity index (χ0n) is 11.9. The minimum atomic E-state index is 0.671. The van der Waals surface area contributed by atoms with E-state index in [0.29, 0.717) is 6.54 Å². The normalized spacial score (nSPS) is 11.5. The maximum atomic E-state index is 6.28. The van der Waals surface area contributed by atoms with E-state index in [9.17, 15) is 0 Å². The Bertz CT molecular complexity index is 795. The van der Waals surface area contributed by atoms with Crippen molar-refractivity contribution in [1.29, 1.82) is 0 Å². The molecule has 1 heterocycles. The molecule has 0 aliphatic rings. The predicted octanol–water partition coefficient (Wildman–Crippen LogP) is 4.23. The van der Waals surface area contributed by atoms with Gasteiger partial charge in [0.15, 0.2) is 0 Å². The van der Waals surface area contributed by atoms with E-state index in [2.05, 4.69) is 19.1 Å². The van der Waals surface area contributed by atoms with Gasteiger partial charge in [0.25, 0.3) is 0 Å². The highest BCUT2D eigenvalue weighted by Crippen LogP contribution is 2.35. The van der Waals surface area contributed by atoms with Crippen LogP contribution in [0.25, 0.3) is 20.8 Å². The highest BCUT2D eigenvalue weighted by Gasteiger charge is 2.13. The third kappa shape index (κ3) is 2.94. The van der Waals surface area contributed by atoms with Crippen LogP contribution in [0.3, 0.4) is 0 Å². The lowest BCUT2D eigenvalue weighted by Crippen LogP contribution is -2.25. The standard InChI is InChI=1S/C16H16ClN3S/c1-10-7-11(9-20(2)18)15-14(8-10)21-16(19-15)12-5-3-4-6-13(12)17/h3-8H,9,18H2,1-2H3. The fourth-order valence-electron chi connectivity index (χ4n) is 2.39. The molecule has 3 aromatic rings. The van der Waals surface area contributed by atoms with E-state index in [1.54, 1.807) is 16.3 Å². The van der Waals surface area contributed by atoms with Crippen molar-refractivity contribution in [1.82, 2.24) is 9.99 Å². The zero-order valence-corrected chi connectivity index (χ0v) is 13.5. The van der Waals surface area contributed by atoms with Crippen molar-refractivity contribution < 1.29 is 0 Å². The van der Waals surface area contributed by atoms with Crippen molar-refractivity contribution in [3.8, 4) is 10.6 Å². The molecule has 3 nitrogen and oxygen atoms in total. The molecule has 2 aromatic carbocycles. The molecule has 21 heavy (non-hydrogen) atoms. The summed E-state index contributed by atoms with van der Waals surface area (Å²) in [6.07, 6.45) is 0. The van der Waals surface area contributed by atoms with Gasteiger partial charge in [-0.3, -0.25) is 5.84 Å². The van der Waals surface area contributed by atoms with E-state index in [1.165, 1.54) is 10.3 Å². The number of rotatable bonds is 3. The quantitative estimate of drug-likeness (QED) is 0.580. The van der Waals surface area contributed by atoms with Gasteiger partial charge in [-0.15, -0.1) is 11.3 Å².